The van der Waals surface area contributed by atoms with E-state index in [9.17, 15) is 0 Å². The van der Waals surface area contributed by atoms with Crippen LogP contribution in [0.25, 0.3) is 10.9 Å². The van der Waals surface area contributed by atoms with E-state index in [2.05, 4.69) is 33.9 Å². The molecule has 3 aromatic rings. The number of hydrogen-bond acceptors (Lipinski definition) is 2. The van der Waals surface area contributed by atoms with Gasteiger partial charge in [-0.2, -0.15) is 0 Å². The van der Waals surface area contributed by atoms with Crippen molar-refractivity contribution in [1.29, 1.82) is 0 Å². The number of halogens is 1. The molecule has 0 spiro atoms. The zero-order valence-corrected chi connectivity index (χ0v) is 12.0. The van der Waals surface area contributed by atoms with Gasteiger partial charge in [0.25, 0.3) is 0 Å². The van der Waals surface area contributed by atoms with Gasteiger partial charge < -0.3 is 4.74 Å². The van der Waals surface area contributed by atoms with E-state index in [4.69, 9.17) is 4.74 Å². The van der Waals surface area contributed by atoms with Crippen molar-refractivity contribution in [3.05, 3.63) is 64.6 Å². The van der Waals surface area contributed by atoms with Crippen LogP contribution in [0.2, 0.25) is 0 Å². The van der Waals surface area contributed by atoms with Crippen molar-refractivity contribution in [3.8, 4) is 11.6 Å². The maximum atomic E-state index is 5.84. The van der Waals surface area contributed by atoms with Gasteiger partial charge in [0.05, 0.1) is 9.99 Å². The third kappa shape index (κ3) is 2.34. The smallest absolute Gasteiger partial charge is 0.234 e. The molecule has 0 atom stereocenters. The summed E-state index contributed by atoms with van der Waals surface area (Å²) in [5, 5.41) is 1.13. The Balaban J connectivity index is 2.11. The minimum absolute atomic E-state index is 0.599. The molecule has 0 aliphatic heterocycles. The molecule has 94 valence electrons. The third-order valence-electron chi connectivity index (χ3n) is 3.00. The van der Waals surface area contributed by atoms with Gasteiger partial charge in [-0.05, 0) is 46.6 Å². The summed E-state index contributed by atoms with van der Waals surface area (Å²) in [4.78, 5) is 4.56. The lowest BCUT2D eigenvalue weighted by atomic mass is 10.1. The summed E-state index contributed by atoms with van der Waals surface area (Å²) in [6.45, 7) is 2.06. The number of fused-ring (bicyclic) bond motifs is 1. The second-order valence-corrected chi connectivity index (χ2v) is 5.08. The van der Waals surface area contributed by atoms with E-state index in [0.29, 0.717) is 5.88 Å². The maximum absolute atomic E-state index is 5.84. The van der Waals surface area contributed by atoms with E-state index in [1.54, 1.807) is 0 Å². The Morgan fingerprint density at radius 3 is 2.42 bits per heavy atom. The minimum atomic E-state index is 0.599. The highest BCUT2D eigenvalue weighted by atomic mass is 79.9. The van der Waals surface area contributed by atoms with Crippen molar-refractivity contribution in [2.45, 2.75) is 6.92 Å². The second kappa shape index (κ2) is 5.02. The van der Waals surface area contributed by atoms with Crippen LogP contribution in [-0.4, -0.2) is 4.98 Å². The predicted molar refractivity (Wildman–Crippen MR) is 80.7 cm³/mol. The Bertz CT molecular complexity index is 725. The van der Waals surface area contributed by atoms with Gasteiger partial charge >= 0.3 is 0 Å². The fourth-order valence-electron chi connectivity index (χ4n) is 1.99. The first-order chi connectivity index (χ1) is 9.25. The van der Waals surface area contributed by atoms with Crippen LogP contribution in [0, 0.1) is 6.92 Å². The average molecular weight is 314 g/mol. The van der Waals surface area contributed by atoms with Crippen molar-refractivity contribution in [2.24, 2.45) is 0 Å². The zero-order chi connectivity index (χ0) is 13.2. The highest BCUT2D eigenvalue weighted by Gasteiger charge is 2.11. The Morgan fingerprint density at radius 2 is 1.63 bits per heavy atom. The minimum Gasteiger partial charge on any atom is -0.438 e. The lowest BCUT2D eigenvalue weighted by molar-refractivity contribution is 0.461. The number of hydrogen-bond donors (Lipinski definition) is 0. The standard InChI is InChI=1S/C16H12BrNO/c1-11-13-9-5-6-10-14(13)18-16(15(11)17)19-12-7-3-2-4-8-12/h2-10H,1H3. The van der Waals surface area contributed by atoms with Gasteiger partial charge in [-0.3, -0.25) is 0 Å². The molecule has 0 bridgehead atoms. The summed E-state index contributed by atoms with van der Waals surface area (Å²) >= 11 is 3.57. The molecular weight excluding hydrogens is 302 g/mol. The van der Waals surface area contributed by atoms with Crippen molar-refractivity contribution >= 4 is 26.8 Å². The summed E-state index contributed by atoms with van der Waals surface area (Å²) in [5.41, 5.74) is 2.07. The molecule has 2 aromatic carbocycles. The number of rotatable bonds is 2. The molecule has 0 aliphatic carbocycles. The number of benzene rings is 2. The highest BCUT2D eigenvalue weighted by molar-refractivity contribution is 9.10. The number of para-hydroxylation sites is 2. The molecule has 0 N–H and O–H groups in total. The largest absolute Gasteiger partial charge is 0.438 e. The van der Waals surface area contributed by atoms with E-state index in [1.807, 2.05) is 48.5 Å². The van der Waals surface area contributed by atoms with Gasteiger partial charge in [-0.15, -0.1) is 0 Å². The van der Waals surface area contributed by atoms with E-state index in [0.717, 1.165) is 26.7 Å². The molecule has 0 saturated heterocycles. The molecule has 3 heteroatoms. The van der Waals surface area contributed by atoms with Crippen LogP contribution in [0.1, 0.15) is 5.56 Å². The Labute approximate surface area is 120 Å². The van der Waals surface area contributed by atoms with E-state index in [-0.39, 0.29) is 0 Å². The maximum Gasteiger partial charge on any atom is 0.234 e. The van der Waals surface area contributed by atoms with Gasteiger partial charge in [0.15, 0.2) is 0 Å². The SMILES string of the molecule is Cc1c(Br)c(Oc2ccccc2)nc2ccccc12. The molecule has 0 radical (unpaired) electrons. The number of pyridine rings is 1. The Morgan fingerprint density at radius 1 is 0.947 bits per heavy atom. The second-order valence-electron chi connectivity index (χ2n) is 4.29. The number of ether oxygens (including phenoxy) is 1. The molecule has 1 aromatic heterocycles. The fourth-order valence-corrected chi connectivity index (χ4v) is 2.38. The summed E-state index contributed by atoms with van der Waals surface area (Å²) in [7, 11) is 0. The first-order valence-corrected chi connectivity index (χ1v) is 6.83. The third-order valence-corrected chi connectivity index (χ3v) is 3.94. The first-order valence-electron chi connectivity index (χ1n) is 6.03. The van der Waals surface area contributed by atoms with Crippen LogP contribution in [0.5, 0.6) is 11.6 Å². The summed E-state index contributed by atoms with van der Waals surface area (Å²) < 4.78 is 6.74. The summed E-state index contributed by atoms with van der Waals surface area (Å²) in [6, 6.07) is 17.7. The average Bonchev–Trinajstić information content (AvgIpc) is 2.46. The highest BCUT2D eigenvalue weighted by Crippen LogP contribution is 2.34. The van der Waals surface area contributed by atoms with Crippen LogP contribution >= 0.6 is 15.9 Å². The normalized spacial score (nSPS) is 10.6. The number of nitrogens with zero attached hydrogens (tertiary/aromatic N) is 1. The number of aryl methyl sites for hydroxylation is 1. The molecule has 3 rings (SSSR count). The lowest BCUT2D eigenvalue weighted by Gasteiger charge is -2.11. The van der Waals surface area contributed by atoms with Gasteiger partial charge in [0.2, 0.25) is 5.88 Å². The van der Waals surface area contributed by atoms with E-state index in [1.165, 1.54) is 0 Å². The molecule has 1 heterocycles. The zero-order valence-electron chi connectivity index (χ0n) is 10.4. The lowest BCUT2D eigenvalue weighted by Crippen LogP contribution is -1.93. The molecule has 0 unspecified atom stereocenters. The van der Waals surface area contributed by atoms with Crippen LogP contribution in [0.4, 0.5) is 0 Å². The topological polar surface area (TPSA) is 22.1 Å². The first kappa shape index (κ1) is 12.2. The van der Waals surface area contributed by atoms with Crippen molar-refractivity contribution in [2.75, 3.05) is 0 Å². The van der Waals surface area contributed by atoms with Crippen LogP contribution in [0.3, 0.4) is 0 Å². The summed E-state index contributed by atoms with van der Waals surface area (Å²) in [6.07, 6.45) is 0. The van der Waals surface area contributed by atoms with E-state index >= 15 is 0 Å². The quantitative estimate of drug-likeness (QED) is 0.656. The van der Waals surface area contributed by atoms with Crippen LogP contribution in [-0.2, 0) is 0 Å². The Hall–Kier alpha value is -1.87. The molecule has 0 aliphatic rings. The molecule has 2 nitrogen and oxygen atoms in total. The van der Waals surface area contributed by atoms with Crippen molar-refractivity contribution < 1.29 is 4.74 Å². The number of aromatic nitrogens is 1. The van der Waals surface area contributed by atoms with Gasteiger partial charge in [0.1, 0.15) is 5.75 Å². The van der Waals surface area contributed by atoms with Crippen LogP contribution < -0.4 is 4.74 Å². The molecular formula is C16H12BrNO. The fraction of sp³-hybridized carbons (Fsp3) is 0.0625. The molecule has 0 saturated carbocycles. The molecule has 0 fully saturated rings. The predicted octanol–water partition coefficient (Wildman–Crippen LogP) is 5.10. The van der Waals surface area contributed by atoms with Crippen LogP contribution in [0.15, 0.2) is 59.1 Å². The summed E-state index contributed by atoms with van der Waals surface area (Å²) in [5.74, 6) is 1.38. The molecule has 0 amide bonds. The van der Waals surface area contributed by atoms with Gasteiger partial charge in [-0.25, -0.2) is 4.98 Å². The van der Waals surface area contributed by atoms with Crippen molar-refractivity contribution in [3.63, 3.8) is 0 Å². The van der Waals surface area contributed by atoms with Crippen molar-refractivity contribution in [1.82, 2.24) is 4.98 Å². The van der Waals surface area contributed by atoms with Gasteiger partial charge in [0, 0.05) is 5.39 Å². The monoisotopic (exact) mass is 313 g/mol. The molecule has 19 heavy (non-hydrogen) atoms. The Kier molecular flexibility index (Phi) is 3.22. The van der Waals surface area contributed by atoms with Gasteiger partial charge in [-0.1, -0.05) is 36.4 Å². The van der Waals surface area contributed by atoms with E-state index < -0.39 is 0 Å².